The van der Waals surface area contributed by atoms with Crippen LogP contribution in [0.2, 0.25) is 0 Å². The Morgan fingerprint density at radius 3 is 2.77 bits per heavy atom. The lowest BCUT2D eigenvalue weighted by molar-refractivity contribution is -0.132. The number of carbonyl (C=O) groups excluding carboxylic acids is 2. The molecule has 3 heterocycles. The van der Waals surface area contributed by atoms with Gasteiger partial charge in [-0.25, -0.2) is 0 Å². The number of carbonyl (C=O) groups is 2. The van der Waals surface area contributed by atoms with Crippen molar-refractivity contribution in [3.63, 3.8) is 0 Å². The number of rotatable bonds is 6. The molecule has 0 saturated carbocycles. The van der Waals surface area contributed by atoms with E-state index in [4.69, 9.17) is 4.74 Å². The SMILES string of the molecule is O=C(C[C@@H]1CCN2C[C@@H]1/C=C/COc1ccc(N3CCNCC3)cc1CNCC2=O)NCCc1cccc(O)c1. The summed E-state index contributed by atoms with van der Waals surface area (Å²) in [7, 11) is 0. The maximum Gasteiger partial charge on any atom is 0.236 e. The summed E-state index contributed by atoms with van der Waals surface area (Å²) in [6, 6.07) is 13.4. The lowest BCUT2D eigenvalue weighted by Gasteiger charge is -2.37. The van der Waals surface area contributed by atoms with Gasteiger partial charge in [-0.1, -0.05) is 24.3 Å². The zero-order chi connectivity index (χ0) is 27.7. The van der Waals surface area contributed by atoms with Gasteiger partial charge in [-0.05, 0) is 60.6 Å². The van der Waals surface area contributed by atoms with Gasteiger partial charge in [0.1, 0.15) is 18.1 Å². The summed E-state index contributed by atoms with van der Waals surface area (Å²) < 4.78 is 6.17. The van der Waals surface area contributed by atoms with E-state index in [9.17, 15) is 14.7 Å². The summed E-state index contributed by atoms with van der Waals surface area (Å²) in [6.45, 7) is 6.96. The molecule has 0 spiro atoms. The molecule has 2 fully saturated rings. The van der Waals surface area contributed by atoms with Gasteiger partial charge in [0.2, 0.25) is 11.8 Å². The number of phenols is 1. The van der Waals surface area contributed by atoms with Crippen molar-refractivity contribution in [2.75, 3.05) is 63.9 Å². The average molecular weight is 548 g/mol. The van der Waals surface area contributed by atoms with Gasteiger partial charge in [0.25, 0.3) is 0 Å². The number of aromatic hydroxyl groups is 1. The van der Waals surface area contributed by atoms with Crippen LogP contribution in [0, 0.1) is 11.8 Å². The van der Waals surface area contributed by atoms with Gasteiger partial charge in [0.05, 0.1) is 6.54 Å². The number of piperazine rings is 1. The number of phenolic OH excluding ortho intramolecular Hbond substituents is 1. The number of hydrogen-bond donors (Lipinski definition) is 4. The van der Waals surface area contributed by atoms with Gasteiger partial charge in [0, 0.05) is 70.0 Å². The number of nitrogens with one attached hydrogen (secondary N) is 3. The monoisotopic (exact) mass is 547 g/mol. The minimum atomic E-state index is 0.0216. The van der Waals surface area contributed by atoms with Crippen molar-refractivity contribution in [3.8, 4) is 11.5 Å². The first kappa shape index (κ1) is 28.0. The molecule has 214 valence electrons. The summed E-state index contributed by atoms with van der Waals surface area (Å²) in [6.07, 6.45) is 6.04. The predicted molar refractivity (Wildman–Crippen MR) is 155 cm³/mol. The van der Waals surface area contributed by atoms with Crippen LogP contribution in [0.3, 0.4) is 0 Å². The fraction of sp³-hybridized carbons (Fsp3) is 0.484. The van der Waals surface area contributed by atoms with Gasteiger partial charge in [0.15, 0.2) is 0 Å². The smallest absolute Gasteiger partial charge is 0.236 e. The lowest BCUT2D eigenvalue weighted by Crippen LogP contribution is -2.47. The summed E-state index contributed by atoms with van der Waals surface area (Å²) in [5.74, 6) is 1.42. The number of fused-ring (bicyclic) bond motifs is 3. The van der Waals surface area contributed by atoms with Crippen LogP contribution < -0.4 is 25.6 Å². The third kappa shape index (κ3) is 7.55. The highest BCUT2D eigenvalue weighted by Crippen LogP contribution is 2.29. The van der Waals surface area contributed by atoms with E-state index >= 15 is 0 Å². The molecule has 0 aromatic heterocycles. The van der Waals surface area contributed by atoms with Crippen molar-refractivity contribution in [1.29, 1.82) is 0 Å². The first-order valence-electron chi connectivity index (χ1n) is 14.5. The van der Waals surface area contributed by atoms with E-state index in [1.165, 1.54) is 5.69 Å². The first-order chi connectivity index (χ1) is 19.5. The second-order valence-electron chi connectivity index (χ2n) is 10.9. The standard InChI is InChI=1S/C31H41N5O4/c37-28-5-1-3-23(17-28)8-10-34-30(38)19-24-9-13-36-22-25(24)4-2-16-40-29-7-6-27(35-14-11-32-12-15-35)18-26(29)20-33-21-31(36)39/h1-7,17-18,24-25,32-33,37H,8-16,19-22H2,(H,34,38)/b4-2+/t24-,25-/m0/s1. The number of anilines is 1. The molecule has 2 aromatic rings. The minimum Gasteiger partial charge on any atom is -0.508 e. The normalized spacial score (nSPS) is 22.6. The maximum atomic E-state index is 13.1. The molecule has 5 rings (SSSR count). The van der Waals surface area contributed by atoms with E-state index in [-0.39, 0.29) is 35.9 Å². The zero-order valence-corrected chi connectivity index (χ0v) is 23.1. The minimum absolute atomic E-state index is 0.0216. The molecular weight excluding hydrogens is 506 g/mol. The Balaban J connectivity index is 1.20. The fourth-order valence-corrected chi connectivity index (χ4v) is 5.85. The quantitative estimate of drug-likeness (QED) is 0.410. The number of ether oxygens (including phenoxy) is 1. The molecular formula is C31H41N5O4. The van der Waals surface area contributed by atoms with E-state index in [1.54, 1.807) is 12.1 Å². The van der Waals surface area contributed by atoms with E-state index in [2.05, 4.69) is 39.1 Å². The highest BCUT2D eigenvalue weighted by Gasteiger charge is 2.31. The number of nitrogens with zero attached hydrogens (tertiary/aromatic N) is 2. The Hall–Kier alpha value is -3.56. The van der Waals surface area contributed by atoms with Crippen LogP contribution in [-0.2, 0) is 22.6 Å². The van der Waals surface area contributed by atoms with Crippen LogP contribution in [0.5, 0.6) is 11.5 Å². The molecule has 2 amide bonds. The van der Waals surface area contributed by atoms with Gasteiger partial charge in [-0.2, -0.15) is 0 Å². The van der Waals surface area contributed by atoms with Crippen LogP contribution >= 0.6 is 0 Å². The van der Waals surface area contributed by atoms with Crippen molar-refractivity contribution < 1.29 is 19.4 Å². The van der Waals surface area contributed by atoms with Crippen LogP contribution in [0.25, 0.3) is 0 Å². The number of hydrogen-bond acceptors (Lipinski definition) is 7. The van der Waals surface area contributed by atoms with Gasteiger partial charge >= 0.3 is 0 Å². The number of benzene rings is 2. The number of piperidine rings is 1. The first-order valence-corrected chi connectivity index (χ1v) is 14.5. The molecule has 3 aliphatic heterocycles. The largest absolute Gasteiger partial charge is 0.508 e. The van der Waals surface area contributed by atoms with Gasteiger partial charge in [-0.3, -0.25) is 9.59 Å². The fourth-order valence-electron chi connectivity index (χ4n) is 5.85. The van der Waals surface area contributed by atoms with E-state index < -0.39 is 0 Å². The van der Waals surface area contributed by atoms with Gasteiger partial charge in [-0.15, -0.1) is 0 Å². The van der Waals surface area contributed by atoms with Crippen LogP contribution in [0.4, 0.5) is 5.69 Å². The highest BCUT2D eigenvalue weighted by molar-refractivity contribution is 5.79. The second-order valence-corrected chi connectivity index (χ2v) is 10.9. The van der Waals surface area contributed by atoms with Crippen molar-refractivity contribution in [3.05, 3.63) is 65.7 Å². The van der Waals surface area contributed by atoms with Crippen molar-refractivity contribution in [1.82, 2.24) is 20.9 Å². The summed E-state index contributed by atoms with van der Waals surface area (Å²) in [5.41, 5.74) is 3.22. The summed E-state index contributed by atoms with van der Waals surface area (Å²) in [4.78, 5) is 30.2. The molecule has 2 bridgehead atoms. The second kappa shape index (κ2) is 13.7. The van der Waals surface area contributed by atoms with E-state index in [0.29, 0.717) is 45.6 Å². The Labute approximate surface area is 236 Å². The van der Waals surface area contributed by atoms with E-state index in [1.807, 2.05) is 29.2 Å². The molecule has 3 aliphatic rings. The molecule has 0 unspecified atom stereocenters. The Morgan fingerprint density at radius 1 is 1.05 bits per heavy atom. The van der Waals surface area contributed by atoms with Crippen LogP contribution in [0.1, 0.15) is 24.0 Å². The molecule has 0 aliphatic carbocycles. The van der Waals surface area contributed by atoms with Crippen molar-refractivity contribution >= 4 is 17.5 Å². The molecule has 2 atom stereocenters. The van der Waals surface area contributed by atoms with Crippen molar-refractivity contribution in [2.45, 2.75) is 25.8 Å². The topological polar surface area (TPSA) is 106 Å². The maximum absolute atomic E-state index is 13.1. The Bertz CT molecular complexity index is 1200. The summed E-state index contributed by atoms with van der Waals surface area (Å²) >= 11 is 0. The molecule has 9 heteroatoms. The molecule has 4 N–H and O–H groups in total. The third-order valence-electron chi connectivity index (χ3n) is 8.09. The highest BCUT2D eigenvalue weighted by atomic mass is 16.5. The molecule has 40 heavy (non-hydrogen) atoms. The Morgan fingerprint density at radius 2 is 1.93 bits per heavy atom. The molecule has 2 saturated heterocycles. The molecule has 9 nitrogen and oxygen atoms in total. The third-order valence-corrected chi connectivity index (χ3v) is 8.09. The van der Waals surface area contributed by atoms with Crippen LogP contribution in [-0.4, -0.2) is 80.8 Å². The summed E-state index contributed by atoms with van der Waals surface area (Å²) in [5, 5.41) is 19.4. The van der Waals surface area contributed by atoms with Crippen molar-refractivity contribution in [2.24, 2.45) is 11.8 Å². The molecule has 2 aromatic carbocycles. The zero-order valence-electron chi connectivity index (χ0n) is 23.1. The Kier molecular flexibility index (Phi) is 9.57. The van der Waals surface area contributed by atoms with Crippen LogP contribution in [0.15, 0.2) is 54.6 Å². The lowest BCUT2D eigenvalue weighted by atomic mass is 9.82. The average Bonchev–Trinajstić information content (AvgIpc) is 2.97. The molecule has 0 radical (unpaired) electrons. The van der Waals surface area contributed by atoms with Gasteiger partial charge < -0.3 is 35.6 Å². The number of amides is 2. The van der Waals surface area contributed by atoms with E-state index in [0.717, 1.165) is 49.5 Å². The predicted octanol–water partition coefficient (Wildman–Crippen LogP) is 2.05.